The molecule has 2 heterocycles. The van der Waals surface area contributed by atoms with Crippen LogP contribution >= 0.6 is 11.3 Å². The fourth-order valence-corrected chi connectivity index (χ4v) is 4.36. The average Bonchev–Trinajstić information content (AvgIpc) is 2.88. The van der Waals surface area contributed by atoms with Crippen molar-refractivity contribution in [2.24, 2.45) is 4.99 Å². The fourth-order valence-electron chi connectivity index (χ4n) is 3.38. The first-order chi connectivity index (χ1) is 11.1. The normalized spacial score (nSPS) is 20.3. The van der Waals surface area contributed by atoms with Crippen LogP contribution in [0.25, 0.3) is 0 Å². The summed E-state index contributed by atoms with van der Waals surface area (Å²) in [5.41, 5.74) is 4.50. The van der Waals surface area contributed by atoms with Gasteiger partial charge in [0.1, 0.15) is 0 Å². The van der Waals surface area contributed by atoms with Crippen molar-refractivity contribution in [3.63, 3.8) is 0 Å². The monoisotopic (exact) mass is 322 g/mol. The number of hydrogen-bond acceptors (Lipinski definition) is 4. The molecule has 0 amide bonds. The first-order valence-electron chi connectivity index (χ1n) is 7.86. The maximum absolute atomic E-state index is 12.8. The van der Waals surface area contributed by atoms with Crippen LogP contribution in [0.4, 0.5) is 11.4 Å². The number of aliphatic imine (C=N–C) groups is 1. The maximum atomic E-state index is 12.8. The summed E-state index contributed by atoms with van der Waals surface area (Å²) in [5.74, 6) is 0.450. The van der Waals surface area contributed by atoms with Gasteiger partial charge in [0, 0.05) is 27.8 Å². The Labute approximate surface area is 139 Å². The van der Waals surface area contributed by atoms with Gasteiger partial charge in [-0.05, 0) is 44.5 Å². The Hall–Kier alpha value is -2.20. The fraction of sp³-hybridized carbons (Fsp3) is 0.263. The number of anilines is 1. The van der Waals surface area contributed by atoms with E-state index >= 15 is 0 Å². The van der Waals surface area contributed by atoms with Gasteiger partial charge in [0.2, 0.25) is 0 Å². The lowest BCUT2D eigenvalue weighted by atomic mass is 9.81. The molecule has 1 aromatic heterocycles. The van der Waals surface area contributed by atoms with E-state index in [1.807, 2.05) is 31.2 Å². The number of rotatable bonds is 1. The summed E-state index contributed by atoms with van der Waals surface area (Å²) in [4.78, 5) is 20.2. The van der Waals surface area contributed by atoms with Crippen molar-refractivity contribution in [1.29, 1.82) is 0 Å². The molecule has 1 saturated carbocycles. The smallest absolute Gasteiger partial charge is 0.167 e. The van der Waals surface area contributed by atoms with Gasteiger partial charge in [-0.15, -0.1) is 11.3 Å². The van der Waals surface area contributed by atoms with Crippen molar-refractivity contribution < 1.29 is 4.79 Å². The predicted molar refractivity (Wildman–Crippen MR) is 95.9 cm³/mol. The molecule has 1 aliphatic heterocycles. The van der Waals surface area contributed by atoms with Gasteiger partial charge in [0.25, 0.3) is 0 Å². The number of nitrogens with one attached hydrogen (secondary N) is 1. The number of Topliss-reactive ketones (excluding diaryl/α,β-unsaturated/α-hetero) is 1. The van der Waals surface area contributed by atoms with E-state index < -0.39 is 0 Å². The van der Waals surface area contributed by atoms with Crippen LogP contribution in [-0.2, 0) is 4.79 Å². The van der Waals surface area contributed by atoms with Crippen molar-refractivity contribution in [2.45, 2.75) is 32.6 Å². The molecule has 2 aliphatic rings. The number of carbonyl (C=O) groups is 1. The van der Waals surface area contributed by atoms with Gasteiger partial charge in [-0.2, -0.15) is 0 Å². The minimum Gasteiger partial charge on any atom is -0.357 e. The standard InChI is InChI=1S/C19H18N2OS/c1-11-7-8-18(23-11)13-9-16-19(17(22)10-13)12(2)20-14-5-3-4-6-15(14)21-16/h3-8,13,20H,9-10H2,1-2H3/t13-/m1/s1. The highest BCUT2D eigenvalue weighted by Gasteiger charge is 2.33. The van der Waals surface area contributed by atoms with E-state index in [1.165, 1.54) is 9.75 Å². The molecule has 1 aliphatic carbocycles. The van der Waals surface area contributed by atoms with Crippen molar-refractivity contribution in [1.82, 2.24) is 0 Å². The Morgan fingerprint density at radius 2 is 1.96 bits per heavy atom. The lowest BCUT2D eigenvalue weighted by Gasteiger charge is -2.24. The Bertz CT molecular complexity index is 860. The van der Waals surface area contributed by atoms with Gasteiger partial charge in [-0.3, -0.25) is 9.79 Å². The van der Waals surface area contributed by atoms with E-state index in [0.717, 1.165) is 34.8 Å². The predicted octanol–water partition coefficient (Wildman–Crippen LogP) is 4.98. The number of allylic oxidation sites excluding steroid dienone is 2. The van der Waals surface area contributed by atoms with E-state index in [2.05, 4.69) is 24.4 Å². The van der Waals surface area contributed by atoms with Gasteiger partial charge in [0.15, 0.2) is 5.78 Å². The summed E-state index contributed by atoms with van der Waals surface area (Å²) in [6.07, 6.45) is 1.40. The zero-order valence-corrected chi connectivity index (χ0v) is 14.0. The summed E-state index contributed by atoms with van der Waals surface area (Å²) >= 11 is 1.79. The molecule has 1 N–H and O–H groups in total. The molecular weight excluding hydrogens is 304 g/mol. The van der Waals surface area contributed by atoms with E-state index in [4.69, 9.17) is 4.99 Å². The molecule has 3 nitrogen and oxygen atoms in total. The van der Waals surface area contributed by atoms with Crippen LogP contribution in [-0.4, -0.2) is 11.5 Å². The van der Waals surface area contributed by atoms with Gasteiger partial charge in [-0.25, -0.2) is 0 Å². The summed E-state index contributed by atoms with van der Waals surface area (Å²) in [7, 11) is 0. The van der Waals surface area contributed by atoms with E-state index in [1.54, 1.807) is 11.3 Å². The lowest BCUT2D eigenvalue weighted by Crippen LogP contribution is -2.26. The number of carbonyl (C=O) groups excluding carboxylic acids is 1. The third-order valence-corrected chi connectivity index (χ3v) is 5.62. The molecule has 1 fully saturated rings. The molecule has 116 valence electrons. The lowest BCUT2D eigenvalue weighted by molar-refractivity contribution is -0.115. The molecule has 0 saturated heterocycles. The van der Waals surface area contributed by atoms with Crippen LogP contribution in [0.3, 0.4) is 0 Å². The second-order valence-corrected chi connectivity index (χ2v) is 7.50. The zero-order chi connectivity index (χ0) is 16.0. The quantitative estimate of drug-likeness (QED) is 0.805. The Balaban J connectivity index is 1.79. The zero-order valence-electron chi connectivity index (χ0n) is 13.2. The van der Waals surface area contributed by atoms with Crippen molar-refractivity contribution in [2.75, 3.05) is 5.32 Å². The van der Waals surface area contributed by atoms with E-state index in [-0.39, 0.29) is 11.7 Å². The molecule has 4 heteroatoms. The highest BCUT2D eigenvalue weighted by atomic mass is 32.1. The van der Waals surface area contributed by atoms with Crippen LogP contribution in [0.2, 0.25) is 0 Å². The third-order valence-electron chi connectivity index (χ3n) is 4.46. The number of benzene rings is 1. The molecule has 1 aromatic carbocycles. The Kier molecular flexibility index (Phi) is 3.42. The summed E-state index contributed by atoms with van der Waals surface area (Å²) in [6, 6.07) is 12.3. The van der Waals surface area contributed by atoms with Crippen LogP contribution < -0.4 is 5.32 Å². The molecule has 0 unspecified atom stereocenters. The number of nitrogens with zero attached hydrogens (tertiary/aromatic N) is 1. The van der Waals surface area contributed by atoms with E-state index in [0.29, 0.717) is 6.42 Å². The van der Waals surface area contributed by atoms with Crippen molar-refractivity contribution in [3.05, 3.63) is 57.4 Å². The third kappa shape index (κ3) is 2.53. The maximum Gasteiger partial charge on any atom is 0.167 e. The number of hydrogen-bond donors (Lipinski definition) is 1. The first kappa shape index (κ1) is 14.4. The molecule has 0 spiro atoms. The van der Waals surface area contributed by atoms with Gasteiger partial charge in [-0.1, -0.05) is 12.1 Å². The van der Waals surface area contributed by atoms with Gasteiger partial charge in [0.05, 0.1) is 22.7 Å². The molecule has 1 atom stereocenters. The molecular formula is C19H18N2OS. The van der Waals surface area contributed by atoms with E-state index in [9.17, 15) is 4.79 Å². The molecule has 0 bridgehead atoms. The van der Waals surface area contributed by atoms with Crippen LogP contribution in [0.15, 0.2) is 52.7 Å². The Morgan fingerprint density at radius 1 is 1.13 bits per heavy atom. The summed E-state index contributed by atoms with van der Waals surface area (Å²) < 4.78 is 0. The van der Waals surface area contributed by atoms with Gasteiger partial charge < -0.3 is 5.32 Å². The minimum absolute atomic E-state index is 0.198. The molecule has 0 radical (unpaired) electrons. The number of ketones is 1. The molecule has 23 heavy (non-hydrogen) atoms. The highest BCUT2D eigenvalue weighted by molar-refractivity contribution is 7.12. The largest absolute Gasteiger partial charge is 0.357 e. The number of para-hydroxylation sites is 2. The topological polar surface area (TPSA) is 41.5 Å². The van der Waals surface area contributed by atoms with Crippen LogP contribution in [0.1, 0.15) is 35.4 Å². The SMILES string of the molecule is CC1=C2C(=O)C[C@H](c3ccc(C)s3)CC2=Nc2ccccc2N1. The second-order valence-electron chi connectivity index (χ2n) is 6.18. The van der Waals surface area contributed by atoms with Crippen molar-refractivity contribution in [3.8, 4) is 0 Å². The van der Waals surface area contributed by atoms with Crippen LogP contribution in [0.5, 0.6) is 0 Å². The van der Waals surface area contributed by atoms with Crippen molar-refractivity contribution >= 4 is 34.2 Å². The summed E-state index contributed by atoms with van der Waals surface area (Å²) in [5, 5.41) is 3.36. The highest BCUT2D eigenvalue weighted by Crippen LogP contribution is 2.40. The number of aryl methyl sites for hydroxylation is 1. The summed E-state index contributed by atoms with van der Waals surface area (Å²) in [6.45, 7) is 4.08. The number of thiophene rings is 1. The van der Waals surface area contributed by atoms with Gasteiger partial charge >= 0.3 is 0 Å². The Morgan fingerprint density at radius 3 is 2.74 bits per heavy atom. The van der Waals surface area contributed by atoms with Crippen LogP contribution in [0, 0.1) is 6.92 Å². The second kappa shape index (κ2) is 5.46. The minimum atomic E-state index is 0.198. The first-order valence-corrected chi connectivity index (χ1v) is 8.68. The average molecular weight is 322 g/mol. The number of fused-ring (bicyclic) bond motifs is 2. The molecule has 2 aromatic rings. The molecule has 4 rings (SSSR count).